The molecule has 0 aromatic heterocycles. The average Bonchev–Trinajstić information content (AvgIpc) is 2.50. The molecule has 1 heterocycles. The van der Waals surface area contributed by atoms with Crippen molar-refractivity contribution in [2.24, 2.45) is 17.8 Å². The fourth-order valence-electron chi connectivity index (χ4n) is 2.74. The minimum absolute atomic E-state index is 0.0367. The zero-order chi connectivity index (χ0) is 14.7. The van der Waals surface area contributed by atoms with Crippen molar-refractivity contribution in [1.29, 1.82) is 0 Å². The first kappa shape index (κ1) is 16.0. The van der Waals surface area contributed by atoms with E-state index < -0.39 is 5.97 Å². The van der Waals surface area contributed by atoms with Crippen LogP contribution in [0.1, 0.15) is 34.6 Å². The molecule has 1 aliphatic rings. The van der Waals surface area contributed by atoms with Gasteiger partial charge in [-0.1, -0.05) is 20.8 Å². The molecule has 1 saturated heterocycles. The molecule has 0 aromatic carbocycles. The maximum absolute atomic E-state index is 12.6. The summed E-state index contributed by atoms with van der Waals surface area (Å²) in [6.45, 7) is 10.0. The van der Waals surface area contributed by atoms with E-state index in [1.165, 1.54) is 4.90 Å². The van der Waals surface area contributed by atoms with Gasteiger partial charge in [0.15, 0.2) is 0 Å². The van der Waals surface area contributed by atoms with Crippen molar-refractivity contribution in [2.45, 2.75) is 46.8 Å². The molecule has 4 unspecified atom stereocenters. The summed E-state index contributed by atoms with van der Waals surface area (Å²) in [5.74, 6) is -0.950. The molecule has 5 nitrogen and oxygen atoms in total. The zero-order valence-electron chi connectivity index (χ0n) is 12.4. The highest BCUT2D eigenvalue weighted by Crippen LogP contribution is 2.33. The number of carbonyl (C=O) groups is 2. The minimum atomic E-state index is -0.971. The molecule has 0 aliphatic carbocycles. The van der Waals surface area contributed by atoms with Crippen LogP contribution in [0.5, 0.6) is 0 Å². The maximum Gasteiger partial charge on any atom is 0.323 e. The smallest absolute Gasteiger partial charge is 0.323 e. The van der Waals surface area contributed by atoms with Crippen LogP contribution in [0.25, 0.3) is 0 Å². The first-order chi connectivity index (χ1) is 8.73. The lowest BCUT2D eigenvalue weighted by molar-refractivity contribution is -0.148. The van der Waals surface area contributed by atoms with Crippen LogP contribution in [0, 0.1) is 17.8 Å². The first-order valence-corrected chi connectivity index (χ1v) is 6.90. The van der Waals surface area contributed by atoms with Gasteiger partial charge in [0.1, 0.15) is 6.54 Å². The van der Waals surface area contributed by atoms with Crippen LogP contribution < -0.4 is 0 Å². The number of hydrogen-bond acceptors (Lipinski definition) is 3. The predicted molar refractivity (Wildman–Crippen MR) is 71.7 cm³/mol. The fraction of sp³-hybridized carbons (Fsp3) is 0.857. The zero-order valence-corrected chi connectivity index (χ0v) is 12.4. The third-order valence-corrected chi connectivity index (χ3v) is 3.75. The van der Waals surface area contributed by atoms with Crippen LogP contribution >= 0.6 is 0 Å². The van der Waals surface area contributed by atoms with Gasteiger partial charge in [-0.3, -0.25) is 9.59 Å². The number of nitrogens with zero attached hydrogens (tertiary/aromatic N) is 1. The molecule has 19 heavy (non-hydrogen) atoms. The van der Waals surface area contributed by atoms with Gasteiger partial charge in [0.2, 0.25) is 5.91 Å². The Hall–Kier alpha value is -1.10. The van der Waals surface area contributed by atoms with E-state index in [9.17, 15) is 9.59 Å². The van der Waals surface area contributed by atoms with Crippen LogP contribution in [0.15, 0.2) is 0 Å². The molecule has 110 valence electrons. The average molecular weight is 271 g/mol. The third-order valence-electron chi connectivity index (χ3n) is 3.75. The van der Waals surface area contributed by atoms with E-state index >= 15 is 0 Å². The Morgan fingerprint density at radius 1 is 1.21 bits per heavy atom. The number of rotatable bonds is 5. The van der Waals surface area contributed by atoms with Gasteiger partial charge in [0.25, 0.3) is 0 Å². The number of hydrogen-bond donors (Lipinski definition) is 1. The van der Waals surface area contributed by atoms with Crippen LogP contribution in [0.2, 0.25) is 0 Å². The Bertz CT molecular complexity index is 342. The van der Waals surface area contributed by atoms with Crippen molar-refractivity contribution in [3.05, 3.63) is 0 Å². The molecule has 0 aromatic rings. The van der Waals surface area contributed by atoms with Gasteiger partial charge in [-0.25, -0.2) is 0 Å². The van der Waals surface area contributed by atoms with E-state index in [1.807, 2.05) is 34.6 Å². The molecule has 0 spiro atoms. The van der Waals surface area contributed by atoms with E-state index in [-0.39, 0.29) is 42.4 Å². The molecule has 0 saturated carbocycles. The molecular formula is C14H25NO4. The van der Waals surface area contributed by atoms with Gasteiger partial charge in [-0.05, 0) is 25.7 Å². The van der Waals surface area contributed by atoms with Gasteiger partial charge in [-0.2, -0.15) is 0 Å². The van der Waals surface area contributed by atoms with Crippen LogP contribution in [-0.2, 0) is 14.3 Å². The molecule has 1 fully saturated rings. The standard InChI is InChI=1S/C14H25NO4/c1-8(2)6-15(7-12(16)17)14(18)13-9(3)10(4)19-11(13)5/h8-11,13H,6-7H2,1-5H3,(H,16,17). The second kappa shape index (κ2) is 6.37. The number of amides is 1. The molecular weight excluding hydrogens is 246 g/mol. The maximum atomic E-state index is 12.6. The molecule has 1 rings (SSSR count). The predicted octanol–water partition coefficient (Wildman–Crippen LogP) is 1.62. The van der Waals surface area contributed by atoms with E-state index in [0.717, 1.165) is 0 Å². The number of aliphatic carboxylic acids is 1. The van der Waals surface area contributed by atoms with E-state index in [0.29, 0.717) is 6.54 Å². The summed E-state index contributed by atoms with van der Waals surface area (Å²) in [7, 11) is 0. The lowest BCUT2D eigenvalue weighted by Gasteiger charge is -2.28. The summed E-state index contributed by atoms with van der Waals surface area (Å²) in [5.41, 5.74) is 0. The second-order valence-corrected chi connectivity index (χ2v) is 5.94. The van der Waals surface area contributed by atoms with Crippen molar-refractivity contribution in [2.75, 3.05) is 13.1 Å². The Kier molecular flexibility index (Phi) is 5.35. The van der Waals surface area contributed by atoms with Crippen molar-refractivity contribution in [1.82, 2.24) is 4.90 Å². The Morgan fingerprint density at radius 3 is 2.16 bits per heavy atom. The molecule has 1 amide bonds. The van der Waals surface area contributed by atoms with E-state index in [1.54, 1.807) is 0 Å². The molecule has 1 aliphatic heterocycles. The molecule has 5 heteroatoms. The Morgan fingerprint density at radius 2 is 1.79 bits per heavy atom. The van der Waals surface area contributed by atoms with Gasteiger partial charge >= 0.3 is 5.97 Å². The Labute approximate surface area is 114 Å². The van der Waals surface area contributed by atoms with Gasteiger partial charge in [0, 0.05) is 6.54 Å². The first-order valence-electron chi connectivity index (χ1n) is 6.90. The molecule has 0 radical (unpaired) electrons. The summed E-state index contributed by atoms with van der Waals surface area (Å²) < 4.78 is 5.67. The number of carboxylic acids is 1. The van der Waals surface area contributed by atoms with Crippen LogP contribution in [-0.4, -0.2) is 47.2 Å². The van der Waals surface area contributed by atoms with Crippen LogP contribution in [0.3, 0.4) is 0 Å². The highest BCUT2D eigenvalue weighted by molar-refractivity contribution is 5.84. The van der Waals surface area contributed by atoms with Gasteiger partial charge in [-0.15, -0.1) is 0 Å². The SMILES string of the molecule is CC(C)CN(CC(=O)O)C(=O)C1C(C)OC(C)C1C. The summed E-state index contributed by atoms with van der Waals surface area (Å²) >= 11 is 0. The summed E-state index contributed by atoms with van der Waals surface area (Å²) in [6.07, 6.45) is -0.115. The van der Waals surface area contributed by atoms with Crippen molar-refractivity contribution >= 4 is 11.9 Å². The van der Waals surface area contributed by atoms with E-state index in [4.69, 9.17) is 9.84 Å². The molecule has 0 bridgehead atoms. The Balaban J connectivity index is 2.83. The quantitative estimate of drug-likeness (QED) is 0.825. The van der Waals surface area contributed by atoms with Crippen molar-refractivity contribution < 1.29 is 19.4 Å². The largest absolute Gasteiger partial charge is 0.480 e. The monoisotopic (exact) mass is 271 g/mol. The lowest BCUT2D eigenvalue weighted by atomic mass is 9.88. The van der Waals surface area contributed by atoms with Crippen LogP contribution in [0.4, 0.5) is 0 Å². The number of ether oxygens (including phenoxy) is 1. The normalized spacial score (nSPS) is 30.6. The topological polar surface area (TPSA) is 66.8 Å². The third kappa shape index (κ3) is 3.93. The fourth-order valence-corrected chi connectivity index (χ4v) is 2.74. The summed E-state index contributed by atoms with van der Waals surface area (Å²) in [4.78, 5) is 24.9. The summed E-state index contributed by atoms with van der Waals surface area (Å²) in [5, 5.41) is 8.95. The van der Waals surface area contributed by atoms with Crippen molar-refractivity contribution in [3.63, 3.8) is 0 Å². The van der Waals surface area contributed by atoms with E-state index in [2.05, 4.69) is 0 Å². The van der Waals surface area contributed by atoms with Gasteiger partial charge in [0.05, 0.1) is 18.1 Å². The second-order valence-electron chi connectivity index (χ2n) is 5.94. The number of carboxylic acid groups (broad SMARTS) is 1. The highest BCUT2D eigenvalue weighted by atomic mass is 16.5. The highest BCUT2D eigenvalue weighted by Gasteiger charge is 2.43. The molecule has 1 N–H and O–H groups in total. The lowest BCUT2D eigenvalue weighted by Crippen LogP contribution is -2.45. The molecule has 4 atom stereocenters. The van der Waals surface area contributed by atoms with Crippen molar-refractivity contribution in [3.8, 4) is 0 Å². The summed E-state index contributed by atoms with van der Waals surface area (Å²) in [6, 6.07) is 0. The minimum Gasteiger partial charge on any atom is -0.480 e. The number of carbonyl (C=O) groups excluding carboxylic acids is 1. The van der Waals surface area contributed by atoms with Gasteiger partial charge < -0.3 is 14.7 Å².